The largest absolute Gasteiger partial charge is 0.340 e. The number of amides is 4. The van der Waals surface area contributed by atoms with Gasteiger partial charge < -0.3 is 20.4 Å². The Morgan fingerprint density at radius 1 is 0.939 bits per heavy atom. The molecule has 2 aromatic rings. The topological polar surface area (TPSA) is 81.8 Å². The number of carbonyl (C=O) groups excluding carboxylic acids is 3. The molecule has 1 atom stereocenters. The molecule has 4 amide bonds. The molecule has 2 N–H and O–H groups in total. The second-order valence-corrected chi connectivity index (χ2v) is 9.10. The first-order valence-electron chi connectivity index (χ1n) is 11.2. The molecule has 0 saturated carbocycles. The van der Waals surface area contributed by atoms with Gasteiger partial charge in [-0.3, -0.25) is 9.59 Å². The molecular formula is C25H31ClN4O3. The Morgan fingerprint density at radius 2 is 1.61 bits per heavy atom. The summed E-state index contributed by atoms with van der Waals surface area (Å²) in [5.41, 5.74) is 2.22. The maximum atomic E-state index is 13.3. The molecule has 3 rings (SSSR count). The Balaban J connectivity index is 1.60. The van der Waals surface area contributed by atoms with E-state index >= 15 is 0 Å². The van der Waals surface area contributed by atoms with E-state index in [4.69, 9.17) is 11.6 Å². The van der Waals surface area contributed by atoms with E-state index in [2.05, 4.69) is 10.6 Å². The fourth-order valence-electron chi connectivity index (χ4n) is 3.75. The zero-order valence-electron chi connectivity index (χ0n) is 19.3. The van der Waals surface area contributed by atoms with Crippen molar-refractivity contribution in [1.82, 2.24) is 15.1 Å². The molecule has 1 aliphatic rings. The molecule has 33 heavy (non-hydrogen) atoms. The number of halogens is 1. The second-order valence-electron chi connectivity index (χ2n) is 8.67. The van der Waals surface area contributed by atoms with E-state index < -0.39 is 6.04 Å². The van der Waals surface area contributed by atoms with Crippen molar-refractivity contribution < 1.29 is 14.4 Å². The molecule has 8 heteroatoms. The number of hydrogen-bond acceptors (Lipinski definition) is 3. The number of aryl methyl sites for hydroxylation is 1. The highest BCUT2D eigenvalue weighted by Gasteiger charge is 2.30. The smallest absolute Gasteiger partial charge is 0.321 e. The fraction of sp³-hybridized carbons (Fsp3) is 0.400. The van der Waals surface area contributed by atoms with Gasteiger partial charge in [-0.25, -0.2) is 4.79 Å². The molecule has 1 heterocycles. The Kier molecular flexibility index (Phi) is 8.33. The van der Waals surface area contributed by atoms with Gasteiger partial charge in [-0.2, -0.15) is 0 Å². The minimum Gasteiger partial charge on any atom is -0.340 e. The van der Waals surface area contributed by atoms with Crippen LogP contribution in [0.5, 0.6) is 0 Å². The molecule has 1 unspecified atom stereocenters. The van der Waals surface area contributed by atoms with E-state index in [1.165, 1.54) is 0 Å². The third-order valence-corrected chi connectivity index (χ3v) is 5.94. The van der Waals surface area contributed by atoms with Gasteiger partial charge in [-0.1, -0.05) is 49.2 Å². The van der Waals surface area contributed by atoms with Crippen molar-refractivity contribution in [2.24, 2.45) is 5.92 Å². The Morgan fingerprint density at radius 3 is 2.27 bits per heavy atom. The summed E-state index contributed by atoms with van der Waals surface area (Å²) in [7, 11) is 0. The minimum absolute atomic E-state index is 0.0719. The number of carbonyl (C=O) groups is 3. The van der Waals surface area contributed by atoms with Gasteiger partial charge in [0.1, 0.15) is 6.04 Å². The zero-order valence-corrected chi connectivity index (χ0v) is 20.1. The molecule has 2 aromatic carbocycles. The van der Waals surface area contributed by atoms with Gasteiger partial charge in [0.2, 0.25) is 5.91 Å². The molecule has 0 spiro atoms. The summed E-state index contributed by atoms with van der Waals surface area (Å²) >= 11 is 5.99. The van der Waals surface area contributed by atoms with Crippen LogP contribution in [0.2, 0.25) is 5.02 Å². The van der Waals surface area contributed by atoms with Crippen molar-refractivity contribution in [3.63, 3.8) is 0 Å². The molecule has 1 fully saturated rings. The normalized spacial score (nSPS) is 15.1. The van der Waals surface area contributed by atoms with E-state index in [-0.39, 0.29) is 23.8 Å². The number of urea groups is 1. The Hall–Kier alpha value is -3.06. The van der Waals surface area contributed by atoms with Crippen LogP contribution in [0.3, 0.4) is 0 Å². The molecule has 7 nitrogen and oxygen atoms in total. The van der Waals surface area contributed by atoms with Gasteiger partial charge in [-0.05, 0) is 49.6 Å². The summed E-state index contributed by atoms with van der Waals surface area (Å²) in [6, 6.07) is 13.4. The van der Waals surface area contributed by atoms with E-state index in [9.17, 15) is 14.4 Å². The zero-order chi connectivity index (χ0) is 24.0. The van der Waals surface area contributed by atoms with Crippen LogP contribution in [0, 0.1) is 12.8 Å². The van der Waals surface area contributed by atoms with Crippen LogP contribution >= 0.6 is 11.6 Å². The van der Waals surface area contributed by atoms with Crippen LogP contribution in [0.15, 0.2) is 48.5 Å². The van der Waals surface area contributed by atoms with Crippen LogP contribution in [0.25, 0.3) is 0 Å². The first-order valence-corrected chi connectivity index (χ1v) is 11.6. The summed E-state index contributed by atoms with van der Waals surface area (Å²) in [6.45, 7) is 7.68. The fourth-order valence-corrected chi connectivity index (χ4v) is 3.94. The number of benzene rings is 2. The van der Waals surface area contributed by atoms with Gasteiger partial charge in [0.05, 0.1) is 0 Å². The third kappa shape index (κ3) is 6.71. The predicted octanol–water partition coefficient (Wildman–Crippen LogP) is 4.17. The van der Waals surface area contributed by atoms with Crippen molar-refractivity contribution in [2.45, 2.75) is 33.2 Å². The number of nitrogens with one attached hydrogen (secondary N) is 2. The SMILES string of the molecule is Cc1ccc(C(=O)NC(C(=O)N2CCCN(C(=O)Nc3cccc(Cl)c3)CC2)C(C)C)cc1. The number of anilines is 1. The Labute approximate surface area is 200 Å². The molecule has 0 radical (unpaired) electrons. The van der Waals surface area contributed by atoms with Gasteiger partial charge in [0.25, 0.3) is 5.91 Å². The van der Waals surface area contributed by atoms with Crippen molar-refractivity contribution >= 4 is 35.1 Å². The maximum absolute atomic E-state index is 13.3. The van der Waals surface area contributed by atoms with Gasteiger partial charge >= 0.3 is 6.03 Å². The average Bonchev–Trinajstić information content (AvgIpc) is 3.03. The average molecular weight is 471 g/mol. The summed E-state index contributed by atoms with van der Waals surface area (Å²) in [5, 5.41) is 6.31. The standard InChI is InChI=1S/C25H31ClN4O3/c1-17(2)22(28-23(31)19-10-8-18(3)9-11-19)24(32)29-12-5-13-30(15-14-29)25(33)27-21-7-4-6-20(26)16-21/h4,6-11,16-17,22H,5,12-15H2,1-3H3,(H,27,33)(H,28,31). The van der Waals surface area contributed by atoms with Gasteiger partial charge in [0, 0.05) is 42.5 Å². The summed E-state index contributed by atoms with van der Waals surface area (Å²) in [5.74, 6) is -0.459. The van der Waals surface area contributed by atoms with Crippen LogP contribution < -0.4 is 10.6 Å². The van der Waals surface area contributed by atoms with E-state index in [0.29, 0.717) is 48.9 Å². The lowest BCUT2D eigenvalue weighted by molar-refractivity contribution is -0.134. The lowest BCUT2D eigenvalue weighted by Gasteiger charge is -2.29. The highest BCUT2D eigenvalue weighted by molar-refractivity contribution is 6.30. The summed E-state index contributed by atoms with van der Waals surface area (Å²) in [6.07, 6.45) is 0.658. The van der Waals surface area contributed by atoms with Gasteiger partial charge in [0.15, 0.2) is 0 Å². The first kappa shape index (κ1) is 24.6. The van der Waals surface area contributed by atoms with Crippen LogP contribution in [-0.4, -0.2) is 59.9 Å². The van der Waals surface area contributed by atoms with Crippen molar-refractivity contribution in [3.05, 3.63) is 64.7 Å². The van der Waals surface area contributed by atoms with Crippen molar-refractivity contribution in [3.8, 4) is 0 Å². The first-order chi connectivity index (χ1) is 15.7. The predicted molar refractivity (Wildman–Crippen MR) is 131 cm³/mol. The van der Waals surface area contributed by atoms with E-state index in [1.807, 2.05) is 32.9 Å². The molecule has 0 bridgehead atoms. The molecule has 1 aliphatic heterocycles. The van der Waals surface area contributed by atoms with Gasteiger partial charge in [-0.15, -0.1) is 0 Å². The number of hydrogen-bond donors (Lipinski definition) is 2. The van der Waals surface area contributed by atoms with Crippen LogP contribution in [0.1, 0.15) is 36.2 Å². The van der Waals surface area contributed by atoms with E-state index in [0.717, 1.165) is 5.56 Å². The highest BCUT2D eigenvalue weighted by atomic mass is 35.5. The lowest BCUT2D eigenvalue weighted by Crippen LogP contribution is -2.52. The lowest BCUT2D eigenvalue weighted by atomic mass is 10.0. The molecule has 0 aliphatic carbocycles. The monoisotopic (exact) mass is 470 g/mol. The number of nitrogens with zero attached hydrogens (tertiary/aromatic N) is 2. The van der Waals surface area contributed by atoms with Crippen LogP contribution in [-0.2, 0) is 4.79 Å². The summed E-state index contributed by atoms with van der Waals surface area (Å²) in [4.78, 5) is 42.1. The molecule has 0 aromatic heterocycles. The Bertz CT molecular complexity index is 993. The van der Waals surface area contributed by atoms with Crippen molar-refractivity contribution in [2.75, 3.05) is 31.5 Å². The third-order valence-electron chi connectivity index (χ3n) is 5.70. The summed E-state index contributed by atoms with van der Waals surface area (Å²) < 4.78 is 0. The molecular weight excluding hydrogens is 440 g/mol. The minimum atomic E-state index is -0.634. The second kappa shape index (κ2) is 11.2. The van der Waals surface area contributed by atoms with Crippen molar-refractivity contribution in [1.29, 1.82) is 0 Å². The molecule has 176 valence electrons. The molecule has 1 saturated heterocycles. The quantitative estimate of drug-likeness (QED) is 0.688. The van der Waals surface area contributed by atoms with E-state index in [1.54, 1.807) is 46.2 Å². The number of rotatable bonds is 5. The highest BCUT2D eigenvalue weighted by Crippen LogP contribution is 2.16. The maximum Gasteiger partial charge on any atom is 0.321 e. The van der Waals surface area contributed by atoms with Crippen LogP contribution in [0.4, 0.5) is 10.5 Å².